The van der Waals surface area contributed by atoms with Crippen LogP contribution in [0.4, 0.5) is 17.1 Å². The van der Waals surface area contributed by atoms with E-state index in [1.165, 1.54) is 66.6 Å². The Morgan fingerprint density at radius 2 is 0.826 bits per heavy atom. The molecule has 3 heteroatoms. The number of furan rings is 2. The second-order valence-corrected chi connectivity index (χ2v) is 18.7. The lowest BCUT2D eigenvalue weighted by molar-refractivity contribution is 0.669. The van der Waals surface area contributed by atoms with Gasteiger partial charge in [0, 0.05) is 44.5 Å². The maximum atomic E-state index is 6.56. The molecule has 13 aromatic rings. The molecule has 0 saturated heterocycles. The van der Waals surface area contributed by atoms with Gasteiger partial charge < -0.3 is 13.7 Å². The Bertz CT molecular complexity index is 4170. The first-order valence-corrected chi connectivity index (χ1v) is 23.8. The van der Waals surface area contributed by atoms with Gasteiger partial charge in [-0.05, 0) is 145 Å². The van der Waals surface area contributed by atoms with E-state index in [0.29, 0.717) is 0 Å². The lowest BCUT2D eigenvalue weighted by Gasteiger charge is -2.34. The van der Waals surface area contributed by atoms with Gasteiger partial charge in [0.2, 0.25) is 0 Å². The molecule has 2 aromatic heterocycles. The highest BCUT2D eigenvalue weighted by atomic mass is 16.3. The van der Waals surface area contributed by atoms with E-state index in [2.05, 4.69) is 241 Å². The number of fused-ring (bicyclic) bond motifs is 13. The van der Waals surface area contributed by atoms with Crippen molar-refractivity contribution in [3.8, 4) is 22.3 Å². The molecule has 2 aliphatic carbocycles. The predicted molar refractivity (Wildman–Crippen MR) is 283 cm³/mol. The highest BCUT2D eigenvalue weighted by molar-refractivity contribution is 6.12. The van der Waals surface area contributed by atoms with Crippen LogP contribution in [0.25, 0.3) is 76.9 Å². The molecule has 2 aliphatic rings. The van der Waals surface area contributed by atoms with E-state index in [0.717, 1.165) is 66.3 Å². The molecule has 0 N–H and O–H groups in total. The lowest BCUT2D eigenvalue weighted by Crippen LogP contribution is -2.28. The van der Waals surface area contributed by atoms with Crippen molar-refractivity contribution in [2.45, 2.75) is 11.3 Å². The summed E-state index contributed by atoms with van der Waals surface area (Å²) in [6.45, 7) is 0. The topological polar surface area (TPSA) is 29.5 Å². The van der Waals surface area contributed by atoms with Crippen LogP contribution < -0.4 is 4.90 Å². The summed E-state index contributed by atoms with van der Waals surface area (Å²) in [6, 6.07) is 89.2. The van der Waals surface area contributed by atoms with Gasteiger partial charge in [0.1, 0.15) is 22.3 Å². The van der Waals surface area contributed by atoms with Crippen molar-refractivity contribution in [2.24, 2.45) is 0 Å². The molecule has 0 fully saturated rings. The number of nitrogens with zero attached hydrogens (tertiary/aromatic N) is 1. The molecule has 1 unspecified atom stereocenters. The van der Waals surface area contributed by atoms with Gasteiger partial charge in [-0.2, -0.15) is 0 Å². The van der Waals surface area contributed by atoms with Gasteiger partial charge in [0.25, 0.3) is 0 Å². The molecule has 0 spiro atoms. The van der Waals surface area contributed by atoms with Crippen LogP contribution in [0.15, 0.2) is 251 Å². The van der Waals surface area contributed by atoms with Crippen molar-refractivity contribution >= 4 is 71.7 Å². The Balaban J connectivity index is 0.979. The minimum absolute atomic E-state index is 0.0701. The molecule has 1 atom stereocenters. The Morgan fingerprint density at radius 1 is 0.319 bits per heavy atom. The summed E-state index contributed by atoms with van der Waals surface area (Å²) in [5, 5.41) is 6.72. The highest BCUT2D eigenvalue weighted by Crippen LogP contribution is 2.58. The summed E-state index contributed by atoms with van der Waals surface area (Å²) in [6.07, 6.45) is 0. The minimum Gasteiger partial charge on any atom is -0.456 e. The van der Waals surface area contributed by atoms with Gasteiger partial charge >= 0.3 is 0 Å². The van der Waals surface area contributed by atoms with Crippen LogP contribution in [0.3, 0.4) is 0 Å². The Kier molecular flexibility index (Phi) is 8.05. The molecule has 11 aromatic carbocycles. The average molecular weight is 880 g/mol. The zero-order valence-electron chi connectivity index (χ0n) is 37.4. The maximum absolute atomic E-state index is 6.56. The number of hydrogen-bond donors (Lipinski definition) is 0. The number of hydrogen-bond acceptors (Lipinski definition) is 3. The summed E-state index contributed by atoms with van der Waals surface area (Å²) in [5.41, 5.74) is 20.3. The van der Waals surface area contributed by atoms with Crippen molar-refractivity contribution in [1.29, 1.82) is 0 Å². The number of benzene rings is 11. The Labute approximate surface area is 398 Å². The lowest BCUT2D eigenvalue weighted by atomic mass is 9.67. The fourth-order valence-electron chi connectivity index (χ4n) is 12.2. The summed E-state index contributed by atoms with van der Waals surface area (Å²) in [4.78, 5) is 2.41. The molecular weight excluding hydrogens is 839 g/mol. The van der Waals surface area contributed by atoms with Crippen molar-refractivity contribution in [2.75, 3.05) is 4.90 Å². The van der Waals surface area contributed by atoms with Crippen LogP contribution in [0.5, 0.6) is 0 Å². The van der Waals surface area contributed by atoms with Gasteiger partial charge in [-0.1, -0.05) is 170 Å². The molecule has 0 radical (unpaired) electrons. The normalized spacial score (nSPS) is 14.3. The summed E-state index contributed by atoms with van der Waals surface area (Å²) in [5.74, 6) is 0.0701. The number of rotatable bonds is 6. The van der Waals surface area contributed by atoms with Gasteiger partial charge in [-0.15, -0.1) is 0 Å². The zero-order valence-corrected chi connectivity index (χ0v) is 37.4. The van der Waals surface area contributed by atoms with E-state index in [1.807, 2.05) is 6.07 Å². The van der Waals surface area contributed by atoms with Crippen LogP contribution in [0.2, 0.25) is 0 Å². The number of para-hydroxylation sites is 1. The molecule has 15 rings (SSSR count). The second-order valence-electron chi connectivity index (χ2n) is 18.7. The van der Waals surface area contributed by atoms with Gasteiger partial charge in [0.15, 0.2) is 0 Å². The highest BCUT2D eigenvalue weighted by Gasteiger charge is 2.46. The van der Waals surface area contributed by atoms with Crippen LogP contribution in [-0.4, -0.2) is 0 Å². The van der Waals surface area contributed by atoms with Crippen LogP contribution in [-0.2, 0) is 5.41 Å². The SMILES string of the molecule is c1ccc(C2c3ccc(N(c4ccc5oc6ccccc6c5c4)c4ccc5oc6cc7ccccc7cc6c5c4)cc3-c3cc(C4(c5ccccc5)c5ccccc5-c5ccccc54)ccc32)cc1. The molecule has 0 saturated carbocycles. The predicted octanol–water partition coefficient (Wildman–Crippen LogP) is 17.6. The van der Waals surface area contributed by atoms with Crippen LogP contribution in [0, 0.1) is 0 Å². The second kappa shape index (κ2) is 14.5. The molecule has 0 aliphatic heterocycles. The van der Waals surface area contributed by atoms with Gasteiger partial charge in [-0.3, -0.25) is 0 Å². The van der Waals surface area contributed by atoms with Gasteiger partial charge in [-0.25, -0.2) is 0 Å². The van der Waals surface area contributed by atoms with E-state index in [4.69, 9.17) is 8.83 Å². The molecule has 322 valence electrons. The van der Waals surface area contributed by atoms with Crippen molar-refractivity contribution < 1.29 is 8.83 Å². The van der Waals surface area contributed by atoms with E-state index in [-0.39, 0.29) is 5.92 Å². The quantitative estimate of drug-likeness (QED) is 0.167. The number of anilines is 3. The first-order valence-electron chi connectivity index (χ1n) is 23.8. The maximum Gasteiger partial charge on any atom is 0.136 e. The summed E-state index contributed by atoms with van der Waals surface area (Å²) in [7, 11) is 0. The largest absolute Gasteiger partial charge is 0.456 e. The van der Waals surface area contributed by atoms with E-state index < -0.39 is 5.41 Å². The molecule has 69 heavy (non-hydrogen) atoms. The van der Waals surface area contributed by atoms with Crippen molar-refractivity contribution in [3.63, 3.8) is 0 Å². The third kappa shape index (κ3) is 5.50. The third-order valence-electron chi connectivity index (χ3n) is 15.2. The molecule has 3 nitrogen and oxygen atoms in total. The molecule has 0 bridgehead atoms. The smallest absolute Gasteiger partial charge is 0.136 e. The van der Waals surface area contributed by atoms with Crippen molar-refractivity contribution in [1.82, 2.24) is 0 Å². The summed E-state index contributed by atoms with van der Waals surface area (Å²) < 4.78 is 13.0. The fourth-order valence-corrected chi connectivity index (χ4v) is 12.2. The van der Waals surface area contributed by atoms with E-state index in [9.17, 15) is 0 Å². The van der Waals surface area contributed by atoms with E-state index in [1.54, 1.807) is 0 Å². The van der Waals surface area contributed by atoms with Crippen molar-refractivity contribution in [3.05, 3.63) is 282 Å². The third-order valence-corrected chi connectivity index (χ3v) is 15.2. The molecular formula is C66H41NO2. The van der Waals surface area contributed by atoms with Gasteiger partial charge in [0.05, 0.1) is 5.41 Å². The molecule has 2 heterocycles. The summed E-state index contributed by atoms with van der Waals surface area (Å²) >= 11 is 0. The average Bonchev–Trinajstić information content (AvgIpc) is 4.15. The monoisotopic (exact) mass is 879 g/mol. The Morgan fingerprint density at radius 3 is 1.55 bits per heavy atom. The first kappa shape index (κ1) is 38.2. The van der Waals surface area contributed by atoms with E-state index >= 15 is 0 Å². The fraction of sp³-hybridized carbons (Fsp3) is 0.0303. The minimum atomic E-state index is -0.519. The standard InChI is InChI=1S/C66H41NO2/c1-3-15-41(16-4-1)65-52-31-27-45(66(44-19-5-2-6-20-44)59-24-12-9-21-49(59)50-22-10-13-25-60(50)66)37-54(52)55-38-46(28-32-53(55)65)67(47-29-33-62-57(39-47)51-23-11-14-26-61(51)68-62)48-30-34-63-58(40-48)56-35-42-17-7-8-18-43(42)36-64(56)69-63/h1-40,65H. The van der Waals surface area contributed by atoms with Crippen LogP contribution >= 0.6 is 0 Å². The zero-order chi connectivity index (χ0) is 45.2. The Hall–Kier alpha value is -8.92. The molecule has 0 amide bonds. The van der Waals surface area contributed by atoms with Crippen LogP contribution in [0.1, 0.15) is 44.9 Å². The first-order chi connectivity index (χ1) is 34.2.